The molecular formula is C33H42FN3O4S. The van der Waals surface area contributed by atoms with Crippen LogP contribution in [0.25, 0.3) is 0 Å². The Morgan fingerprint density at radius 1 is 0.905 bits per heavy atom. The van der Waals surface area contributed by atoms with Gasteiger partial charge in [0, 0.05) is 37.0 Å². The lowest BCUT2D eigenvalue weighted by molar-refractivity contribution is -0.142. The van der Waals surface area contributed by atoms with Gasteiger partial charge in [0.05, 0.1) is 11.9 Å². The van der Waals surface area contributed by atoms with E-state index in [1.807, 2.05) is 70.2 Å². The van der Waals surface area contributed by atoms with Crippen LogP contribution in [0.1, 0.15) is 57.2 Å². The van der Waals surface area contributed by atoms with Gasteiger partial charge >= 0.3 is 0 Å². The summed E-state index contributed by atoms with van der Waals surface area (Å²) in [6.45, 7) is 7.59. The SMILES string of the molecule is CCc1ccc(N(CCCC(=O)N(Cc2ccccc2F)[C@@H](Cc2ccccc2)C(=O)NC(C)(C)C)S(C)(=O)=O)cc1. The maximum atomic E-state index is 14.8. The molecule has 3 aromatic carbocycles. The van der Waals surface area contributed by atoms with Gasteiger partial charge in [0.25, 0.3) is 0 Å². The number of sulfonamides is 1. The Morgan fingerprint density at radius 3 is 2.10 bits per heavy atom. The topological polar surface area (TPSA) is 86.8 Å². The number of amides is 2. The monoisotopic (exact) mass is 595 g/mol. The van der Waals surface area contributed by atoms with E-state index in [-0.39, 0.29) is 44.2 Å². The van der Waals surface area contributed by atoms with Gasteiger partial charge in [-0.15, -0.1) is 0 Å². The van der Waals surface area contributed by atoms with E-state index in [1.165, 1.54) is 15.3 Å². The molecule has 0 saturated heterocycles. The van der Waals surface area contributed by atoms with E-state index < -0.39 is 27.4 Å². The Labute approximate surface area is 249 Å². The van der Waals surface area contributed by atoms with E-state index in [0.29, 0.717) is 11.3 Å². The number of nitrogens with one attached hydrogen (secondary N) is 1. The zero-order valence-electron chi connectivity index (χ0n) is 25.1. The van der Waals surface area contributed by atoms with E-state index in [9.17, 15) is 22.4 Å². The molecular weight excluding hydrogens is 553 g/mol. The zero-order valence-corrected chi connectivity index (χ0v) is 26.0. The fourth-order valence-corrected chi connectivity index (χ4v) is 5.68. The normalized spacial score (nSPS) is 12.4. The lowest BCUT2D eigenvalue weighted by Gasteiger charge is -2.34. The first-order valence-electron chi connectivity index (χ1n) is 14.2. The molecule has 0 aliphatic rings. The summed E-state index contributed by atoms with van der Waals surface area (Å²) in [5.74, 6) is -1.17. The van der Waals surface area contributed by atoms with E-state index in [4.69, 9.17) is 0 Å². The fraction of sp³-hybridized carbons (Fsp3) is 0.394. The van der Waals surface area contributed by atoms with Gasteiger partial charge in [-0.25, -0.2) is 12.8 Å². The number of rotatable bonds is 13. The summed E-state index contributed by atoms with van der Waals surface area (Å²) in [6, 6.07) is 22.0. The molecule has 1 atom stereocenters. The van der Waals surface area contributed by atoms with Gasteiger partial charge in [0.1, 0.15) is 11.9 Å². The van der Waals surface area contributed by atoms with Gasteiger partial charge in [-0.3, -0.25) is 13.9 Å². The fourth-order valence-electron chi connectivity index (χ4n) is 4.72. The van der Waals surface area contributed by atoms with Gasteiger partial charge in [-0.2, -0.15) is 0 Å². The van der Waals surface area contributed by atoms with Crippen molar-refractivity contribution >= 4 is 27.5 Å². The van der Waals surface area contributed by atoms with E-state index in [0.717, 1.165) is 23.8 Å². The van der Waals surface area contributed by atoms with Crippen molar-refractivity contribution in [3.05, 3.63) is 101 Å². The minimum Gasteiger partial charge on any atom is -0.350 e. The maximum Gasteiger partial charge on any atom is 0.243 e. The van der Waals surface area contributed by atoms with Crippen molar-refractivity contribution in [1.29, 1.82) is 0 Å². The Morgan fingerprint density at radius 2 is 1.52 bits per heavy atom. The van der Waals surface area contributed by atoms with Crippen LogP contribution in [-0.2, 0) is 39.0 Å². The van der Waals surface area contributed by atoms with Crippen LogP contribution in [0.4, 0.5) is 10.1 Å². The van der Waals surface area contributed by atoms with Gasteiger partial charge in [-0.05, 0) is 62.9 Å². The number of hydrogen-bond donors (Lipinski definition) is 1. The highest BCUT2D eigenvalue weighted by atomic mass is 32.2. The third-order valence-electron chi connectivity index (χ3n) is 6.85. The number of aryl methyl sites for hydroxylation is 1. The predicted molar refractivity (Wildman–Crippen MR) is 166 cm³/mol. The molecule has 0 aromatic heterocycles. The number of carbonyl (C=O) groups excluding carboxylic acids is 2. The second kappa shape index (κ2) is 14.4. The Hall–Kier alpha value is -3.72. The van der Waals surface area contributed by atoms with Crippen LogP contribution in [-0.4, -0.2) is 49.5 Å². The molecule has 3 aromatic rings. The van der Waals surface area contributed by atoms with Crippen molar-refractivity contribution in [3.63, 3.8) is 0 Å². The molecule has 7 nitrogen and oxygen atoms in total. The van der Waals surface area contributed by atoms with Crippen LogP contribution in [0.15, 0.2) is 78.9 Å². The summed E-state index contributed by atoms with van der Waals surface area (Å²) in [6.07, 6.45) is 2.40. The van der Waals surface area contributed by atoms with Crippen molar-refractivity contribution in [2.75, 3.05) is 17.1 Å². The number of carbonyl (C=O) groups is 2. The summed E-state index contributed by atoms with van der Waals surface area (Å²) < 4.78 is 41.4. The molecule has 0 radical (unpaired) electrons. The van der Waals surface area contributed by atoms with Gasteiger partial charge in [0.2, 0.25) is 21.8 Å². The quantitative estimate of drug-likeness (QED) is 0.283. The predicted octanol–water partition coefficient (Wildman–Crippen LogP) is 5.49. The highest BCUT2D eigenvalue weighted by molar-refractivity contribution is 7.92. The highest BCUT2D eigenvalue weighted by Gasteiger charge is 2.32. The number of hydrogen-bond acceptors (Lipinski definition) is 4. The molecule has 0 heterocycles. The first-order valence-corrected chi connectivity index (χ1v) is 16.1. The summed E-state index contributed by atoms with van der Waals surface area (Å²) in [5, 5.41) is 2.99. The van der Waals surface area contributed by atoms with Crippen LogP contribution in [0.2, 0.25) is 0 Å². The highest BCUT2D eigenvalue weighted by Crippen LogP contribution is 2.22. The summed E-state index contributed by atoms with van der Waals surface area (Å²) in [7, 11) is -3.61. The van der Waals surface area contributed by atoms with E-state index >= 15 is 0 Å². The number of benzene rings is 3. The van der Waals surface area contributed by atoms with Gasteiger partial charge in [-0.1, -0.05) is 67.6 Å². The largest absolute Gasteiger partial charge is 0.350 e. The average molecular weight is 596 g/mol. The lowest BCUT2D eigenvalue weighted by Crippen LogP contribution is -2.54. The molecule has 9 heteroatoms. The number of halogens is 1. The Balaban J connectivity index is 1.90. The van der Waals surface area contributed by atoms with Crippen LogP contribution < -0.4 is 9.62 Å². The second-order valence-electron chi connectivity index (χ2n) is 11.5. The number of nitrogens with zero attached hydrogens (tertiary/aromatic N) is 2. The lowest BCUT2D eigenvalue weighted by atomic mass is 10.00. The molecule has 0 bridgehead atoms. The van der Waals surface area contributed by atoms with Crippen LogP contribution >= 0.6 is 0 Å². The van der Waals surface area contributed by atoms with Crippen LogP contribution in [0.5, 0.6) is 0 Å². The van der Waals surface area contributed by atoms with Crippen molar-refractivity contribution in [2.45, 2.75) is 71.5 Å². The number of anilines is 1. The van der Waals surface area contributed by atoms with Crippen molar-refractivity contribution in [2.24, 2.45) is 0 Å². The first kappa shape index (κ1) is 32.8. The summed E-state index contributed by atoms with van der Waals surface area (Å²) in [5.41, 5.74) is 2.21. The standard InChI is InChI=1S/C33H42FN3O4S/c1-6-25-18-20-28(21-19-25)37(42(5,40)41)22-12-17-31(38)36(24-27-15-10-11-16-29(27)34)30(32(39)35-33(2,3)4)23-26-13-8-7-9-14-26/h7-11,13-16,18-21,30H,6,12,17,22-24H2,1-5H3,(H,35,39)/t30-/m0/s1. The third kappa shape index (κ3) is 9.69. The molecule has 0 saturated carbocycles. The van der Waals surface area contributed by atoms with E-state index in [2.05, 4.69) is 5.32 Å². The summed E-state index contributed by atoms with van der Waals surface area (Å²) in [4.78, 5) is 28.9. The second-order valence-corrected chi connectivity index (χ2v) is 13.4. The van der Waals surface area contributed by atoms with Gasteiger partial charge < -0.3 is 10.2 Å². The zero-order chi connectivity index (χ0) is 30.9. The van der Waals surface area contributed by atoms with E-state index in [1.54, 1.807) is 30.3 Å². The Kier molecular flexibility index (Phi) is 11.3. The molecule has 0 fully saturated rings. The van der Waals surface area contributed by atoms with Crippen LogP contribution in [0.3, 0.4) is 0 Å². The third-order valence-corrected chi connectivity index (χ3v) is 8.05. The molecule has 42 heavy (non-hydrogen) atoms. The molecule has 0 spiro atoms. The molecule has 226 valence electrons. The molecule has 1 N–H and O–H groups in total. The summed E-state index contributed by atoms with van der Waals surface area (Å²) >= 11 is 0. The minimum atomic E-state index is -3.61. The van der Waals surface area contributed by atoms with Crippen molar-refractivity contribution < 1.29 is 22.4 Å². The minimum absolute atomic E-state index is 0.0262. The van der Waals surface area contributed by atoms with Crippen LogP contribution in [0, 0.1) is 5.82 Å². The van der Waals surface area contributed by atoms with Gasteiger partial charge in [0.15, 0.2) is 0 Å². The average Bonchev–Trinajstić information content (AvgIpc) is 2.93. The first-order chi connectivity index (χ1) is 19.8. The molecule has 0 aliphatic heterocycles. The Bertz CT molecular complexity index is 1440. The van der Waals surface area contributed by atoms with Crippen molar-refractivity contribution in [1.82, 2.24) is 10.2 Å². The smallest absolute Gasteiger partial charge is 0.243 e. The molecule has 0 aliphatic carbocycles. The maximum absolute atomic E-state index is 14.8. The van der Waals surface area contributed by atoms with Crippen molar-refractivity contribution in [3.8, 4) is 0 Å². The molecule has 3 rings (SSSR count). The molecule has 0 unspecified atom stereocenters. The molecule has 2 amide bonds.